The van der Waals surface area contributed by atoms with E-state index in [1.807, 2.05) is 12.1 Å². The van der Waals surface area contributed by atoms with Crippen molar-refractivity contribution in [2.75, 3.05) is 14.2 Å². The van der Waals surface area contributed by atoms with Gasteiger partial charge < -0.3 is 15.2 Å². The molecule has 0 heterocycles. The Morgan fingerprint density at radius 2 is 1.74 bits per heavy atom. The Kier molecular flexibility index (Phi) is 5.11. The summed E-state index contributed by atoms with van der Waals surface area (Å²) in [4.78, 5) is 0. The van der Waals surface area contributed by atoms with Gasteiger partial charge in [0.1, 0.15) is 11.5 Å². The highest BCUT2D eigenvalue weighted by Gasteiger charge is 2.25. The van der Waals surface area contributed by atoms with Gasteiger partial charge in [-0.2, -0.15) is 0 Å². The summed E-state index contributed by atoms with van der Waals surface area (Å²) in [5, 5.41) is 0. The lowest BCUT2D eigenvalue weighted by Gasteiger charge is -2.29. The molecular formula is C15H22BrNO2. The van der Waals surface area contributed by atoms with Crippen LogP contribution in [0.15, 0.2) is 16.6 Å². The SMILES string of the molecule is COc1cc(C(N)C2CCCCC2)c(OC)cc1Br. The van der Waals surface area contributed by atoms with Crippen LogP contribution in [-0.4, -0.2) is 14.2 Å². The summed E-state index contributed by atoms with van der Waals surface area (Å²) >= 11 is 3.48. The molecule has 19 heavy (non-hydrogen) atoms. The van der Waals surface area contributed by atoms with Crippen LogP contribution in [0.2, 0.25) is 0 Å². The van der Waals surface area contributed by atoms with E-state index in [1.54, 1.807) is 14.2 Å². The van der Waals surface area contributed by atoms with Crippen LogP contribution in [-0.2, 0) is 0 Å². The van der Waals surface area contributed by atoms with Crippen molar-refractivity contribution in [3.8, 4) is 11.5 Å². The van der Waals surface area contributed by atoms with Crippen molar-refractivity contribution < 1.29 is 9.47 Å². The summed E-state index contributed by atoms with van der Waals surface area (Å²) < 4.78 is 11.7. The minimum atomic E-state index is 0.0252. The predicted octanol–water partition coefficient (Wildman–Crippen LogP) is 4.05. The molecule has 1 fully saturated rings. The Hall–Kier alpha value is -0.740. The standard InChI is InChI=1S/C15H22BrNO2/c1-18-13-9-12(16)14(19-2)8-11(13)15(17)10-6-4-3-5-7-10/h8-10,15H,3-7,17H2,1-2H3. The van der Waals surface area contributed by atoms with Crippen molar-refractivity contribution in [2.45, 2.75) is 38.1 Å². The molecule has 0 amide bonds. The van der Waals surface area contributed by atoms with Gasteiger partial charge in [-0.3, -0.25) is 0 Å². The van der Waals surface area contributed by atoms with E-state index in [-0.39, 0.29) is 6.04 Å². The summed E-state index contributed by atoms with van der Waals surface area (Å²) in [5.41, 5.74) is 7.52. The molecule has 1 aliphatic rings. The number of hydrogen-bond donors (Lipinski definition) is 1. The van der Waals surface area contributed by atoms with E-state index in [0.29, 0.717) is 5.92 Å². The van der Waals surface area contributed by atoms with Crippen molar-refractivity contribution >= 4 is 15.9 Å². The topological polar surface area (TPSA) is 44.5 Å². The van der Waals surface area contributed by atoms with Crippen molar-refractivity contribution in [3.05, 3.63) is 22.2 Å². The molecule has 0 aromatic heterocycles. The average Bonchev–Trinajstić information content (AvgIpc) is 2.47. The maximum atomic E-state index is 6.47. The van der Waals surface area contributed by atoms with E-state index in [9.17, 15) is 0 Å². The molecule has 0 radical (unpaired) electrons. The van der Waals surface area contributed by atoms with Gasteiger partial charge in [-0.15, -0.1) is 0 Å². The highest BCUT2D eigenvalue weighted by molar-refractivity contribution is 9.10. The van der Waals surface area contributed by atoms with Crippen LogP contribution in [0, 0.1) is 5.92 Å². The van der Waals surface area contributed by atoms with Gasteiger partial charge >= 0.3 is 0 Å². The minimum Gasteiger partial charge on any atom is -0.496 e. The number of benzene rings is 1. The molecule has 1 atom stereocenters. The number of rotatable bonds is 4. The fourth-order valence-corrected chi connectivity index (χ4v) is 3.38. The van der Waals surface area contributed by atoms with Gasteiger partial charge in [-0.05, 0) is 46.8 Å². The predicted molar refractivity (Wildman–Crippen MR) is 80.7 cm³/mol. The van der Waals surface area contributed by atoms with Gasteiger partial charge in [-0.1, -0.05) is 19.3 Å². The second-order valence-electron chi connectivity index (χ2n) is 5.15. The minimum absolute atomic E-state index is 0.0252. The first-order valence-corrected chi connectivity index (χ1v) is 7.63. The second kappa shape index (κ2) is 6.62. The molecule has 1 aliphatic carbocycles. The monoisotopic (exact) mass is 327 g/mol. The molecule has 2 rings (SSSR count). The number of halogens is 1. The van der Waals surface area contributed by atoms with E-state index >= 15 is 0 Å². The number of methoxy groups -OCH3 is 2. The first kappa shape index (κ1) is 14.7. The van der Waals surface area contributed by atoms with Crippen LogP contribution < -0.4 is 15.2 Å². The van der Waals surface area contributed by atoms with Crippen LogP contribution >= 0.6 is 15.9 Å². The van der Waals surface area contributed by atoms with Crippen LogP contribution in [0.4, 0.5) is 0 Å². The van der Waals surface area contributed by atoms with E-state index in [2.05, 4.69) is 15.9 Å². The lowest BCUT2D eigenvalue weighted by Crippen LogP contribution is -2.24. The molecular weight excluding hydrogens is 306 g/mol. The van der Waals surface area contributed by atoms with E-state index in [1.165, 1.54) is 32.1 Å². The van der Waals surface area contributed by atoms with E-state index in [0.717, 1.165) is 21.5 Å². The molecule has 1 aromatic rings. The van der Waals surface area contributed by atoms with E-state index in [4.69, 9.17) is 15.2 Å². The molecule has 0 bridgehead atoms. The first-order chi connectivity index (χ1) is 9.17. The average molecular weight is 328 g/mol. The maximum Gasteiger partial charge on any atom is 0.133 e. The van der Waals surface area contributed by atoms with Crippen molar-refractivity contribution in [3.63, 3.8) is 0 Å². The maximum absolute atomic E-state index is 6.47. The third-order valence-electron chi connectivity index (χ3n) is 4.02. The Morgan fingerprint density at radius 1 is 1.11 bits per heavy atom. The van der Waals surface area contributed by atoms with Gasteiger partial charge in [0.2, 0.25) is 0 Å². The number of nitrogens with two attached hydrogens (primary N) is 1. The highest BCUT2D eigenvalue weighted by Crippen LogP contribution is 2.40. The van der Waals surface area contributed by atoms with Gasteiger partial charge in [0.05, 0.1) is 18.7 Å². The smallest absolute Gasteiger partial charge is 0.133 e. The molecule has 1 saturated carbocycles. The Morgan fingerprint density at radius 3 is 2.32 bits per heavy atom. The van der Waals surface area contributed by atoms with Crippen LogP contribution in [0.3, 0.4) is 0 Å². The second-order valence-corrected chi connectivity index (χ2v) is 6.01. The Balaban J connectivity index is 2.30. The highest BCUT2D eigenvalue weighted by atomic mass is 79.9. The molecule has 0 aliphatic heterocycles. The van der Waals surface area contributed by atoms with Gasteiger partial charge in [0.25, 0.3) is 0 Å². The molecule has 0 spiro atoms. The number of hydrogen-bond acceptors (Lipinski definition) is 3. The zero-order valence-electron chi connectivity index (χ0n) is 11.6. The van der Waals surface area contributed by atoms with Crippen molar-refractivity contribution in [2.24, 2.45) is 11.7 Å². The third-order valence-corrected chi connectivity index (χ3v) is 4.64. The summed E-state index contributed by atoms with van der Waals surface area (Å²) in [7, 11) is 3.35. The van der Waals surface area contributed by atoms with Gasteiger partial charge in [0, 0.05) is 11.6 Å². The van der Waals surface area contributed by atoms with Crippen LogP contribution in [0.1, 0.15) is 43.7 Å². The Labute approximate surface area is 123 Å². The number of ether oxygens (including phenoxy) is 2. The molecule has 1 aromatic carbocycles. The molecule has 106 valence electrons. The summed E-state index contributed by atoms with van der Waals surface area (Å²) in [6.07, 6.45) is 6.33. The lowest BCUT2D eigenvalue weighted by atomic mass is 9.81. The molecule has 4 heteroatoms. The Bertz CT molecular complexity index is 430. The fraction of sp³-hybridized carbons (Fsp3) is 0.600. The van der Waals surface area contributed by atoms with Crippen molar-refractivity contribution in [1.29, 1.82) is 0 Å². The van der Waals surface area contributed by atoms with Crippen LogP contribution in [0.25, 0.3) is 0 Å². The normalized spacial score (nSPS) is 18.1. The zero-order valence-corrected chi connectivity index (χ0v) is 13.2. The van der Waals surface area contributed by atoms with Crippen LogP contribution in [0.5, 0.6) is 11.5 Å². The zero-order chi connectivity index (χ0) is 13.8. The summed E-state index contributed by atoms with van der Waals surface area (Å²) in [6, 6.07) is 3.97. The fourth-order valence-electron chi connectivity index (χ4n) is 2.89. The molecule has 1 unspecified atom stereocenters. The van der Waals surface area contributed by atoms with Gasteiger partial charge in [-0.25, -0.2) is 0 Å². The molecule has 0 saturated heterocycles. The van der Waals surface area contributed by atoms with Crippen molar-refractivity contribution in [1.82, 2.24) is 0 Å². The summed E-state index contributed by atoms with van der Waals surface area (Å²) in [6.45, 7) is 0. The first-order valence-electron chi connectivity index (χ1n) is 6.84. The third kappa shape index (κ3) is 3.23. The summed E-state index contributed by atoms with van der Waals surface area (Å²) in [5.74, 6) is 2.20. The van der Waals surface area contributed by atoms with E-state index < -0.39 is 0 Å². The largest absolute Gasteiger partial charge is 0.496 e. The molecule has 2 N–H and O–H groups in total. The van der Waals surface area contributed by atoms with Gasteiger partial charge in [0.15, 0.2) is 0 Å². The molecule has 3 nitrogen and oxygen atoms in total. The quantitative estimate of drug-likeness (QED) is 0.907. The lowest BCUT2D eigenvalue weighted by molar-refractivity contribution is 0.300.